The molecular formula is C28H21BrN2O3S. The predicted octanol–water partition coefficient (Wildman–Crippen LogP) is 6.32. The number of ether oxygens (including phenoxy) is 1. The van der Waals surface area contributed by atoms with Crippen LogP contribution in [0.3, 0.4) is 0 Å². The Morgan fingerprint density at radius 2 is 1.94 bits per heavy atom. The summed E-state index contributed by atoms with van der Waals surface area (Å²) in [5.41, 5.74) is 4.89. The zero-order valence-corrected chi connectivity index (χ0v) is 21.3. The van der Waals surface area contributed by atoms with Crippen LogP contribution in [0.2, 0.25) is 0 Å². The number of thioether (sulfide) groups is 1. The van der Waals surface area contributed by atoms with Crippen LogP contribution in [0.15, 0.2) is 87.2 Å². The van der Waals surface area contributed by atoms with Crippen molar-refractivity contribution >= 4 is 55.3 Å². The summed E-state index contributed by atoms with van der Waals surface area (Å²) in [5.74, 6) is 0.0601. The minimum Gasteiger partial charge on any atom is -0.467 e. The van der Waals surface area contributed by atoms with Gasteiger partial charge in [0.1, 0.15) is 6.04 Å². The first-order valence-corrected chi connectivity index (χ1v) is 13.1. The largest absolute Gasteiger partial charge is 0.467 e. The number of aromatic nitrogens is 2. The van der Waals surface area contributed by atoms with Crippen LogP contribution in [0.25, 0.3) is 32.8 Å². The third kappa shape index (κ3) is 3.61. The van der Waals surface area contributed by atoms with Crippen molar-refractivity contribution in [2.45, 2.75) is 17.5 Å². The Kier molecular flexibility index (Phi) is 5.54. The number of fused-ring (bicyclic) bond motifs is 3. The number of H-pyrrole nitrogens is 1. The predicted molar refractivity (Wildman–Crippen MR) is 144 cm³/mol. The van der Waals surface area contributed by atoms with Gasteiger partial charge in [0.2, 0.25) is 0 Å². The molecule has 0 aliphatic carbocycles. The van der Waals surface area contributed by atoms with Crippen molar-refractivity contribution in [1.29, 1.82) is 0 Å². The minimum absolute atomic E-state index is 0.206. The lowest BCUT2D eigenvalue weighted by Crippen LogP contribution is -2.31. The van der Waals surface area contributed by atoms with Gasteiger partial charge in [-0.15, -0.1) is 11.8 Å². The highest BCUT2D eigenvalue weighted by Crippen LogP contribution is 2.44. The summed E-state index contributed by atoms with van der Waals surface area (Å²) >= 11 is 5.18. The topological polar surface area (TPSA) is 64.1 Å². The summed E-state index contributed by atoms with van der Waals surface area (Å²) in [5, 5.41) is 4.22. The smallest absolute Gasteiger partial charge is 0.329 e. The van der Waals surface area contributed by atoms with Gasteiger partial charge in [-0.1, -0.05) is 48.5 Å². The molecule has 35 heavy (non-hydrogen) atoms. The first-order valence-electron chi connectivity index (χ1n) is 11.3. The molecule has 1 N–H and O–H groups in total. The van der Waals surface area contributed by atoms with E-state index in [0.717, 1.165) is 49.0 Å². The van der Waals surface area contributed by atoms with Gasteiger partial charge in [0, 0.05) is 29.5 Å². The number of nitrogens with zero attached hydrogens (tertiary/aromatic N) is 1. The van der Waals surface area contributed by atoms with Crippen LogP contribution in [0.1, 0.15) is 17.2 Å². The second-order valence-corrected chi connectivity index (χ2v) is 10.4. The minimum atomic E-state index is -0.648. The molecule has 0 spiro atoms. The Morgan fingerprint density at radius 1 is 1.11 bits per heavy atom. The Labute approximate surface area is 214 Å². The molecule has 5 aromatic rings. The number of hydrogen-bond acceptors (Lipinski definition) is 4. The molecule has 2 aromatic heterocycles. The van der Waals surface area contributed by atoms with Crippen molar-refractivity contribution in [1.82, 2.24) is 9.55 Å². The molecule has 0 radical (unpaired) electrons. The highest BCUT2D eigenvalue weighted by Gasteiger charge is 2.35. The third-order valence-corrected chi connectivity index (χ3v) is 8.63. The number of hydrogen-bond donors (Lipinski definition) is 1. The van der Waals surface area contributed by atoms with E-state index < -0.39 is 12.0 Å². The van der Waals surface area contributed by atoms with Crippen LogP contribution in [-0.2, 0) is 16.0 Å². The fraction of sp³-hybridized carbons (Fsp3) is 0.143. The summed E-state index contributed by atoms with van der Waals surface area (Å²) in [4.78, 5) is 29.4. The Hall–Kier alpha value is -3.29. The number of pyridine rings is 1. The van der Waals surface area contributed by atoms with E-state index in [1.807, 2.05) is 24.4 Å². The van der Waals surface area contributed by atoms with E-state index in [4.69, 9.17) is 4.74 Å². The number of halogens is 1. The van der Waals surface area contributed by atoms with Crippen molar-refractivity contribution in [3.8, 4) is 11.1 Å². The van der Waals surface area contributed by atoms with E-state index in [2.05, 4.69) is 69.4 Å². The molecule has 0 fully saturated rings. The Balaban J connectivity index is 1.63. The highest BCUT2D eigenvalue weighted by molar-refractivity contribution is 9.10. The molecule has 7 heteroatoms. The van der Waals surface area contributed by atoms with Gasteiger partial charge in [-0.2, -0.15) is 0 Å². The number of aromatic amines is 1. The van der Waals surface area contributed by atoms with Gasteiger partial charge in [-0.3, -0.25) is 9.36 Å². The SMILES string of the molecule is COC(=O)[C@@H]1CSc2c(-c3ccc4[nH]ccc4c3)c(Cc3cccc4ccccc34)c(Br)c(=O)n21. The molecule has 3 aromatic carbocycles. The maximum atomic E-state index is 13.6. The zero-order valence-electron chi connectivity index (χ0n) is 18.9. The Bertz CT molecular complexity index is 1680. The normalized spacial score (nSPS) is 15.0. The molecule has 5 nitrogen and oxygen atoms in total. The van der Waals surface area contributed by atoms with E-state index in [1.165, 1.54) is 18.9 Å². The summed E-state index contributed by atoms with van der Waals surface area (Å²) in [6, 6.07) is 22.2. The molecule has 0 unspecified atom stereocenters. The number of nitrogens with one attached hydrogen (secondary N) is 1. The summed E-state index contributed by atoms with van der Waals surface area (Å²) < 4.78 is 7.10. The summed E-state index contributed by atoms with van der Waals surface area (Å²) in [6.45, 7) is 0. The van der Waals surface area contributed by atoms with E-state index >= 15 is 0 Å². The van der Waals surface area contributed by atoms with Gasteiger partial charge in [-0.25, -0.2) is 4.79 Å². The van der Waals surface area contributed by atoms with Gasteiger partial charge in [0.05, 0.1) is 16.6 Å². The highest BCUT2D eigenvalue weighted by atomic mass is 79.9. The number of benzene rings is 3. The fourth-order valence-electron chi connectivity index (χ4n) is 4.96. The first kappa shape index (κ1) is 22.2. The standard InChI is InChI=1S/C28H21BrN2O3S/c1-34-28(33)23-15-35-27-24(19-9-10-22-18(13-19)11-12-30-22)21(25(29)26(32)31(23)27)14-17-7-4-6-16-5-2-3-8-20(16)17/h2-13,23,30H,14-15H2,1H3/t23-/m0/s1. The first-order chi connectivity index (χ1) is 17.1. The van der Waals surface area contributed by atoms with Gasteiger partial charge in [-0.05, 0) is 67.0 Å². The van der Waals surface area contributed by atoms with Gasteiger partial charge >= 0.3 is 5.97 Å². The van der Waals surface area contributed by atoms with Crippen molar-refractivity contribution in [2.24, 2.45) is 0 Å². The monoisotopic (exact) mass is 544 g/mol. The maximum absolute atomic E-state index is 13.6. The van der Waals surface area contributed by atoms with Crippen LogP contribution in [-0.4, -0.2) is 28.4 Å². The molecule has 0 bridgehead atoms. The summed E-state index contributed by atoms with van der Waals surface area (Å²) in [7, 11) is 1.36. The van der Waals surface area contributed by atoms with E-state index in [9.17, 15) is 9.59 Å². The second kappa shape index (κ2) is 8.73. The molecule has 0 saturated heterocycles. The number of carbonyl (C=O) groups excluding carboxylic acids is 1. The molecule has 0 saturated carbocycles. The second-order valence-electron chi connectivity index (χ2n) is 8.59. The molecular weight excluding hydrogens is 524 g/mol. The molecule has 174 valence electrons. The van der Waals surface area contributed by atoms with Gasteiger partial charge in [0.25, 0.3) is 5.56 Å². The lowest BCUT2D eigenvalue weighted by molar-refractivity contribution is -0.143. The number of carbonyl (C=O) groups is 1. The fourth-order valence-corrected chi connectivity index (χ4v) is 6.83. The lowest BCUT2D eigenvalue weighted by Gasteiger charge is -2.20. The number of methoxy groups -OCH3 is 1. The molecule has 1 aliphatic heterocycles. The molecule has 0 amide bonds. The third-order valence-electron chi connectivity index (χ3n) is 6.66. The van der Waals surface area contributed by atoms with E-state index in [0.29, 0.717) is 16.6 Å². The maximum Gasteiger partial charge on any atom is 0.329 e. The molecule has 3 heterocycles. The lowest BCUT2D eigenvalue weighted by atomic mass is 9.93. The van der Waals surface area contributed by atoms with Crippen LogP contribution in [0.4, 0.5) is 0 Å². The molecule has 6 rings (SSSR count). The van der Waals surface area contributed by atoms with Crippen LogP contribution >= 0.6 is 27.7 Å². The quantitative estimate of drug-likeness (QED) is 0.269. The molecule has 1 aliphatic rings. The van der Waals surface area contributed by atoms with Crippen molar-refractivity contribution in [2.75, 3.05) is 12.9 Å². The zero-order chi connectivity index (χ0) is 24.1. The van der Waals surface area contributed by atoms with Crippen molar-refractivity contribution in [3.05, 3.63) is 98.9 Å². The van der Waals surface area contributed by atoms with Crippen molar-refractivity contribution in [3.63, 3.8) is 0 Å². The van der Waals surface area contributed by atoms with Gasteiger partial charge in [0.15, 0.2) is 0 Å². The average molecular weight is 545 g/mol. The van der Waals surface area contributed by atoms with Crippen LogP contribution < -0.4 is 5.56 Å². The average Bonchev–Trinajstić information content (AvgIpc) is 3.54. The number of rotatable bonds is 4. The Morgan fingerprint density at radius 3 is 2.80 bits per heavy atom. The molecule has 1 atom stereocenters. The number of esters is 1. The van der Waals surface area contributed by atoms with E-state index in [1.54, 1.807) is 4.57 Å². The van der Waals surface area contributed by atoms with Crippen LogP contribution in [0, 0.1) is 0 Å². The van der Waals surface area contributed by atoms with Crippen molar-refractivity contribution < 1.29 is 9.53 Å². The van der Waals surface area contributed by atoms with Crippen LogP contribution in [0.5, 0.6) is 0 Å². The van der Waals surface area contributed by atoms with E-state index in [-0.39, 0.29) is 5.56 Å². The summed E-state index contributed by atoms with van der Waals surface area (Å²) in [6.07, 6.45) is 2.50. The van der Waals surface area contributed by atoms with Gasteiger partial charge < -0.3 is 9.72 Å².